The average molecular weight is 469 g/mol. The molecule has 6 heteroatoms. The number of nitrogens with one attached hydrogen (secondary N) is 1. The first-order valence-corrected chi connectivity index (χ1v) is 12.0. The fourth-order valence-corrected chi connectivity index (χ4v) is 4.38. The average Bonchev–Trinajstić information content (AvgIpc) is 3.28. The zero-order valence-corrected chi connectivity index (χ0v) is 20.1. The molecule has 168 valence electrons. The first-order valence-electron chi connectivity index (χ1n) is 10.8. The van der Waals surface area contributed by atoms with Gasteiger partial charge in [-0.05, 0) is 41.7 Å². The number of carbonyl (C=O) groups is 1. The molecule has 2 aromatic carbocycles. The molecule has 0 fully saturated rings. The molecule has 1 atom stereocenters. The van der Waals surface area contributed by atoms with Gasteiger partial charge in [-0.25, -0.2) is 4.98 Å². The van der Waals surface area contributed by atoms with Gasteiger partial charge in [0.25, 0.3) is 5.19 Å². The maximum absolute atomic E-state index is 12.5. The molecule has 0 bridgehead atoms. The zero-order chi connectivity index (χ0) is 22.9. The predicted octanol–water partition coefficient (Wildman–Crippen LogP) is 6.79. The summed E-state index contributed by atoms with van der Waals surface area (Å²) in [6.07, 6.45) is 5.49. The van der Waals surface area contributed by atoms with E-state index in [0.29, 0.717) is 18.0 Å². The summed E-state index contributed by atoms with van der Waals surface area (Å²) in [7, 11) is 1.60. The molecule has 0 spiro atoms. The Morgan fingerprint density at radius 1 is 1.22 bits per heavy atom. The maximum atomic E-state index is 12.5. The van der Waals surface area contributed by atoms with Crippen LogP contribution in [-0.2, 0) is 11.2 Å². The molecule has 0 unspecified atom stereocenters. The minimum absolute atomic E-state index is 0.0445. The molecule has 1 heterocycles. The van der Waals surface area contributed by atoms with Gasteiger partial charge in [0, 0.05) is 29.6 Å². The number of benzene rings is 2. The van der Waals surface area contributed by atoms with Crippen LogP contribution in [0.15, 0.2) is 61.3 Å². The summed E-state index contributed by atoms with van der Waals surface area (Å²) >= 11 is 7.56. The number of ether oxygens (including phenoxy) is 1. The third-order valence-electron chi connectivity index (χ3n) is 5.21. The highest BCUT2D eigenvalue weighted by Crippen LogP contribution is 2.26. The van der Waals surface area contributed by atoms with E-state index in [4.69, 9.17) is 16.3 Å². The highest BCUT2D eigenvalue weighted by Gasteiger charge is 2.17. The van der Waals surface area contributed by atoms with Crippen molar-refractivity contribution in [3.05, 3.63) is 76.8 Å². The molecule has 0 saturated carbocycles. The van der Waals surface area contributed by atoms with Gasteiger partial charge in [-0.3, -0.25) is 4.79 Å². The van der Waals surface area contributed by atoms with E-state index in [2.05, 4.69) is 48.1 Å². The second-order valence-electron chi connectivity index (χ2n) is 7.77. The molecule has 0 aliphatic rings. The second kappa shape index (κ2) is 11.8. The van der Waals surface area contributed by atoms with Gasteiger partial charge in [0.15, 0.2) is 0 Å². The predicted molar refractivity (Wildman–Crippen MR) is 134 cm³/mol. The molecule has 0 radical (unpaired) electrons. The van der Waals surface area contributed by atoms with Crippen molar-refractivity contribution in [2.75, 3.05) is 7.11 Å². The number of ketones is 1. The van der Waals surface area contributed by atoms with Crippen molar-refractivity contribution in [2.45, 2.75) is 45.1 Å². The van der Waals surface area contributed by atoms with Crippen LogP contribution in [-0.4, -0.2) is 23.9 Å². The number of carbonyl (C=O) groups excluding carboxylic acids is 1. The lowest BCUT2D eigenvalue weighted by molar-refractivity contribution is -0.119. The SMILES string of the molecule is C=C(N[C@@H](CC(=O)CCCC)Cc1ccc(-c2cccc(Cl)c2)cc1)c1cnc(OC)s1. The summed E-state index contributed by atoms with van der Waals surface area (Å²) < 4.78 is 5.19. The van der Waals surface area contributed by atoms with E-state index in [1.165, 1.54) is 11.3 Å². The highest BCUT2D eigenvalue weighted by molar-refractivity contribution is 7.14. The molecule has 4 nitrogen and oxygen atoms in total. The minimum atomic E-state index is -0.0445. The lowest BCUT2D eigenvalue weighted by Gasteiger charge is -2.21. The van der Waals surface area contributed by atoms with Crippen molar-refractivity contribution in [2.24, 2.45) is 0 Å². The van der Waals surface area contributed by atoms with Crippen LogP contribution in [0.1, 0.15) is 43.0 Å². The highest BCUT2D eigenvalue weighted by atomic mass is 35.5. The lowest BCUT2D eigenvalue weighted by Crippen LogP contribution is -2.32. The molecule has 0 aliphatic carbocycles. The normalized spacial score (nSPS) is 11.7. The smallest absolute Gasteiger partial charge is 0.273 e. The van der Waals surface area contributed by atoms with E-state index < -0.39 is 0 Å². The first kappa shape index (κ1) is 24.0. The van der Waals surface area contributed by atoms with Crippen LogP contribution in [0.4, 0.5) is 0 Å². The molecular formula is C26H29ClN2O2S. The van der Waals surface area contributed by atoms with Crippen LogP contribution in [0.25, 0.3) is 16.8 Å². The van der Waals surface area contributed by atoms with Gasteiger partial charge in [0.05, 0.1) is 18.2 Å². The number of unbranched alkanes of at least 4 members (excludes halogenated alkanes) is 1. The van der Waals surface area contributed by atoms with E-state index in [9.17, 15) is 4.79 Å². The van der Waals surface area contributed by atoms with Crippen molar-refractivity contribution in [1.82, 2.24) is 10.3 Å². The van der Waals surface area contributed by atoms with Crippen molar-refractivity contribution < 1.29 is 9.53 Å². The number of Topliss-reactive ketones (excluding diaryl/α,β-unsaturated/α-hetero) is 1. The van der Waals surface area contributed by atoms with Gasteiger partial charge in [-0.2, -0.15) is 0 Å². The summed E-state index contributed by atoms with van der Waals surface area (Å²) in [4.78, 5) is 17.6. The van der Waals surface area contributed by atoms with Crippen LogP contribution in [0.5, 0.6) is 5.19 Å². The summed E-state index contributed by atoms with van der Waals surface area (Å²) in [6.45, 7) is 6.27. The number of nitrogens with zero attached hydrogens (tertiary/aromatic N) is 1. The van der Waals surface area contributed by atoms with Crippen LogP contribution >= 0.6 is 22.9 Å². The maximum Gasteiger partial charge on any atom is 0.273 e. The zero-order valence-electron chi connectivity index (χ0n) is 18.6. The van der Waals surface area contributed by atoms with Gasteiger partial charge in [0.2, 0.25) is 0 Å². The van der Waals surface area contributed by atoms with E-state index in [1.54, 1.807) is 13.3 Å². The Morgan fingerprint density at radius 3 is 2.66 bits per heavy atom. The standard InChI is InChI=1S/C26H29ClN2O2S/c1-4-5-9-24(30)16-23(29-18(2)25-17-28-26(31-3)32-25)14-19-10-12-20(13-11-19)21-7-6-8-22(27)15-21/h6-8,10-13,15,17,23,29H,2,4-5,9,14,16H2,1,3H3/t23-/m1/s1. The van der Waals surface area contributed by atoms with E-state index in [0.717, 1.165) is 51.5 Å². The number of aromatic nitrogens is 1. The number of hydrogen-bond donors (Lipinski definition) is 1. The van der Waals surface area contributed by atoms with Gasteiger partial charge in [-0.1, -0.05) is 79.3 Å². The van der Waals surface area contributed by atoms with Crippen LogP contribution in [0.3, 0.4) is 0 Å². The quantitative estimate of drug-likeness (QED) is 0.318. The van der Waals surface area contributed by atoms with Crippen LogP contribution < -0.4 is 10.1 Å². The van der Waals surface area contributed by atoms with Gasteiger partial charge in [-0.15, -0.1) is 0 Å². The summed E-state index contributed by atoms with van der Waals surface area (Å²) in [5.74, 6) is 0.273. The number of hydrogen-bond acceptors (Lipinski definition) is 5. The molecule has 0 saturated heterocycles. The summed E-state index contributed by atoms with van der Waals surface area (Å²) in [6, 6.07) is 16.2. The Hall–Kier alpha value is -2.63. The minimum Gasteiger partial charge on any atom is -0.473 e. The third kappa shape index (κ3) is 6.94. The molecule has 0 aliphatic heterocycles. The van der Waals surface area contributed by atoms with Gasteiger partial charge < -0.3 is 10.1 Å². The monoisotopic (exact) mass is 468 g/mol. The molecular weight excluding hydrogens is 440 g/mol. The Morgan fingerprint density at radius 2 is 2.00 bits per heavy atom. The van der Waals surface area contributed by atoms with Crippen molar-refractivity contribution >= 4 is 34.4 Å². The van der Waals surface area contributed by atoms with Crippen LogP contribution in [0.2, 0.25) is 5.02 Å². The Labute approximate surface area is 199 Å². The topological polar surface area (TPSA) is 51.2 Å². The number of rotatable bonds is 12. The Balaban J connectivity index is 1.72. The molecule has 1 N–H and O–H groups in total. The summed E-state index contributed by atoms with van der Waals surface area (Å²) in [5, 5.41) is 4.78. The van der Waals surface area contributed by atoms with Gasteiger partial charge in [0.1, 0.15) is 5.78 Å². The Bertz CT molecular complexity index is 1050. The fraction of sp³-hybridized carbons (Fsp3) is 0.308. The first-order chi connectivity index (χ1) is 15.5. The second-order valence-corrected chi connectivity index (χ2v) is 9.20. The fourth-order valence-electron chi connectivity index (χ4n) is 3.52. The largest absolute Gasteiger partial charge is 0.473 e. The van der Waals surface area contributed by atoms with Crippen LogP contribution in [0, 0.1) is 0 Å². The number of thiazole rings is 1. The Kier molecular flexibility index (Phi) is 8.89. The lowest BCUT2D eigenvalue weighted by atomic mass is 9.97. The molecule has 3 rings (SSSR count). The van der Waals surface area contributed by atoms with Crippen molar-refractivity contribution in [3.8, 4) is 16.3 Å². The molecule has 3 aromatic rings. The van der Waals surface area contributed by atoms with Gasteiger partial charge >= 0.3 is 0 Å². The molecule has 0 amide bonds. The number of methoxy groups -OCH3 is 1. The summed E-state index contributed by atoms with van der Waals surface area (Å²) in [5.41, 5.74) is 4.11. The molecule has 32 heavy (non-hydrogen) atoms. The van der Waals surface area contributed by atoms with E-state index in [1.807, 2.05) is 24.3 Å². The van der Waals surface area contributed by atoms with E-state index >= 15 is 0 Å². The number of halogens is 1. The molecule has 1 aromatic heterocycles. The van der Waals surface area contributed by atoms with E-state index in [-0.39, 0.29) is 11.8 Å². The van der Waals surface area contributed by atoms with Crippen molar-refractivity contribution in [3.63, 3.8) is 0 Å². The van der Waals surface area contributed by atoms with Crippen molar-refractivity contribution in [1.29, 1.82) is 0 Å². The third-order valence-corrected chi connectivity index (χ3v) is 6.47.